The first-order chi connectivity index (χ1) is 8.31. The van der Waals surface area contributed by atoms with Crippen LogP contribution in [0.5, 0.6) is 0 Å². The van der Waals surface area contributed by atoms with E-state index in [0.29, 0.717) is 19.1 Å². The van der Waals surface area contributed by atoms with Crippen LogP contribution in [0.25, 0.3) is 0 Å². The summed E-state index contributed by atoms with van der Waals surface area (Å²) in [7, 11) is 0. The topological polar surface area (TPSA) is 73.0 Å². The second-order valence-electron chi connectivity index (χ2n) is 4.70. The van der Waals surface area contributed by atoms with Gasteiger partial charge >= 0.3 is 0 Å². The van der Waals surface area contributed by atoms with Gasteiger partial charge < -0.3 is 20.8 Å². The molecular formula is C12H27N3O2. The maximum absolute atomic E-state index is 9.01. The number of aliphatic hydroxyl groups excluding tert-OH is 2. The van der Waals surface area contributed by atoms with Gasteiger partial charge in [0.15, 0.2) is 0 Å². The van der Waals surface area contributed by atoms with Crippen LogP contribution in [0.3, 0.4) is 0 Å². The third-order valence-electron chi connectivity index (χ3n) is 3.53. The highest BCUT2D eigenvalue weighted by molar-refractivity contribution is 4.79. The zero-order valence-electron chi connectivity index (χ0n) is 10.7. The van der Waals surface area contributed by atoms with Gasteiger partial charge in [0.1, 0.15) is 0 Å². The van der Waals surface area contributed by atoms with E-state index >= 15 is 0 Å². The Morgan fingerprint density at radius 1 is 1.12 bits per heavy atom. The summed E-state index contributed by atoms with van der Waals surface area (Å²) in [4.78, 5) is 4.67. The van der Waals surface area contributed by atoms with E-state index in [1.54, 1.807) is 0 Å². The van der Waals surface area contributed by atoms with E-state index in [2.05, 4.69) is 9.80 Å². The first-order valence-corrected chi connectivity index (χ1v) is 6.70. The lowest BCUT2D eigenvalue weighted by molar-refractivity contribution is 0.0759. The lowest BCUT2D eigenvalue weighted by atomic mass is 10.0. The zero-order valence-corrected chi connectivity index (χ0v) is 10.7. The molecule has 0 unspecified atom stereocenters. The second-order valence-corrected chi connectivity index (χ2v) is 4.70. The quantitative estimate of drug-likeness (QED) is 0.516. The summed E-state index contributed by atoms with van der Waals surface area (Å²) in [6.07, 6.45) is 3.33. The molecule has 5 heteroatoms. The summed E-state index contributed by atoms with van der Waals surface area (Å²) in [5.41, 5.74) is 5.51. The molecular weight excluding hydrogens is 218 g/mol. The Balaban J connectivity index is 2.27. The Bertz CT molecular complexity index is 179. The van der Waals surface area contributed by atoms with Gasteiger partial charge in [0.25, 0.3) is 0 Å². The summed E-state index contributed by atoms with van der Waals surface area (Å²) < 4.78 is 0. The van der Waals surface area contributed by atoms with Gasteiger partial charge in [0.05, 0.1) is 13.2 Å². The van der Waals surface area contributed by atoms with Crippen molar-refractivity contribution in [3.05, 3.63) is 0 Å². The maximum Gasteiger partial charge on any atom is 0.0558 e. The number of likely N-dealkylation sites (tertiary alicyclic amines) is 1. The predicted octanol–water partition coefficient (Wildman–Crippen LogP) is -0.914. The minimum absolute atomic E-state index is 0.174. The Morgan fingerprint density at radius 3 is 2.18 bits per heavy atom. The highest BCUT2D eigenvalue weighted by Crippen LogP contribution is 2.16. The Hall–Kier alpha value is -0.200. The fraction of sp³-hybridized carbons (Fsp3) is 1.00. The van der Waals surface area contributed by atoms with Gasteiger partial charge in [-0.15, -0.1) is 0 Å². The summed E-state index contributed by atoms with van der Waals surface area (Å²) in [5.74, 6) is 0. The van der Waals surface area contributed by atoms with Crippen molar-refractivity contribution >= 4 is 0 Å². The van der Waals surface area contributed by atoms with E-state index in [-0.39, 0.29) is 13.2 Å². The lowest BCUT2D eigenvalue weighted by Crippen LogP contribution is -2.47. The van der Waals surface area contributed by atoms with E-state index in [9.17, 15) is 0 Å². The van der Waals surface area contributed by atoms with Crippen molar-refractivity contribution in [3.63, 3.8) is 0 Å². The molecule has 102 valence electrons. The molecule has 1 saturated heterocycles. The average molecular weight is 245 g/mol. The molecule has 0 saturated carbocycles. The molecule has 0 amide bonds. The van der Waals surface area contributed by atoms with Gasteiger partial charge in [-0.3, -0.25) is 4.90 Å². The fourth-order valence-electron chi connectivity index (χ4n) is 2.56. The second kappa shape index (κ2) is 8.83. The Morgan fingerprint density at radius 2 is 1.71 bits per heavy atom. The van der Waals surface area contributed by atoms with Crippen LogP contribution < -0.4 is 5.73 Å². The van der Waals surface area contributed by atoms with Crippen molar-refractivity contribution in [2.75, 3.05) is 52.5 Å². The lowest BCUT2D eigenvalue weighted by Gasteiger charge is -2.38. The van der Waals surface area contributed by atoms with Gasteiger partial charge in [-0.1, -0.05) is 0 Å². The van der Waals surface area contributed by atoms with E-state index in [1.165, 1.54) is 0 Å². The number of aliphatic hydroxyl groups is 2. The standard InChI is InChI=1S/C12H27N3O2/c13-4-1-5-14-6-2-12(3-7-14)15(8-10-16)9-11-17/h12,16-17H,1-11,13H2. The molecule has 1 rings (SSSR count). The van der Waals surface area contributed by atoms with Crippen LogP contribution in [0.15, 0.2) is 0 Å². The Labute approximate surface area is 104 Å². The van der Waals surface area contributed by atoms with E-state index in [1.807, 2.05) is 0 Å². The third kappa shape index (κ3) is 5.31. The van der Waals surface area contributed by atoms with Crippen LogP contribution in [0.2, 0.25) is 0 Å². The van der Waals surface area contributed by atoms with Crippen LogP contribution >= 0.6 is 0 Å². The van der Waals surface area contributed by atoms with Crippen LogP contribution in [0.1, 0.15) is 19.3 Å². The molecule has 0 spiro atoms. The minimum Gasteiger partial charge on any atom is -0.395 e. The van der Waals surface area contributed by atoms with Crippen LogP contribution in [0, 0.1) is 0 Å². The molecule has 0 radical (unpaired) electrons. The number of piperidine rings is 1. The minimum atomic E-state index is 0.174. The van der Waals surface area contributed by atoms with Crippen molar-refractivity contribution in [3.8, 4) is 0 Å². The normalized spacial score (nSPS) is 19.1. The molecule has 0 bridgehead atoms. The molecule has 0 aromatic heterocycles. The molecule has 0 atom stereocenters. The SMILES string of the molecule is NCCCN1CCC(N(CCO)CCO)CC1. The van der Waals surface area contributed by atoms with Crippen molar-refractivity contribution < 1.29 is 10.2 Å². The molecule has 1 aliphatic heterocycles. The number of hydrogen-bond donors (Lipinski definition) is 3. The monoisotopic (exact) mass is 245 g/mol. The number of nitrogens with zero attached hydrogens (tertiary/aromatic N) is 2. The van der Waals surface area contributed by atoms with Crippen LogP contribution in [-0.2, 0) is 0 Å². The Kier molecular flexibility index (Phi) is 7.72. The van der Waals surface area contributed by atoms with Gasteiger partial charge in [-0.2, -0.15) is 0 Å². The summed E-state index contributed by atoms with van der Waals surface area (Å²) in [6, 6.07) is 0.517. The number of hydrogen-bond acceptors (Lipinski definition) is 5. The number of rotatable bonds is 8. The zero-order chi connectivity index (χ0) is 12.5. The predicted molar refractivity (Wildman–Crippen MR) is 68.9 cm³/mol. The maximum atomic E-state index is 9.01. The van der Waals surface area contributed by atoms with Crippen LogP contribution in [-0.4, -0.2) is 78.5 Å². The summed E-state index contributed by atoms with van der Waals surface area (Å²) in [6.45, 7) is 5.78. The fourth-order valence-corrected chi connectivity index (χ4v) is 2.56. The van der Waals surface area contributed by atoms with E-state index in [4.69, 9.17) is 15.9 Å². The van der Waals surface area contributed by atoms with Crippen molar-refractivity contribution in [1.29, 1.82) is 0 Å². The summed E-state index contributed by atoms with van der Waals surface area (Å²) >= 11 is 0. The molecule has 1 heterocycles. The largest absolute Gasteiger partial charge is 0.395 e. The molecule has 4 N–H and O–H groups in total. The molecule has 0 aromatic rings. The van der Waals surface area contributed by atoms with Gasteiger partial charge in [0, 0.05) is 19.1 Å². The molecule has 1 fully saturated rings. The van der Waals surface area contributed by atoms with Crippen molar-refractivity contribution in [1.82, 2.24) is 9.80 Å². The number of nitrogens with two attached hydrogens (primary N) is 1. The first-order valence-electron chi connectivity index (χ1n) is 6.70. The first kappa shape index (κ1) is 14.9. The highest BCUT2D eigenvalue weighted by atomic mass is 16.3. The van der Waals surface area contributed by atoms with Gasteiger partial charge in [-0.25, -0.2) is 0 Å². The molecule has 17 heavy (non-hydrogen) atoms. The third-order valence-corrected chi connectivity index (χ3v) is 3.53. The average Bonchev–Trinajstić information content (AvgIpc) is 2.37. The molecule has 1 aliphatic rings. The molecule has 0 aliphatic carbocycles. The smallest absolute Gasteiger partial charge is 0.0558 e. The summed E-state index contributed by atoms with van der Waals surface area (Å²) in [5, 5.41) is 18.0. The molecule has 0 aromatic carbocycles. The van der Waals surface area contributed by atoms with Gasteiger partial charge in [0.2, 0.25) is 0 Å². The van der Waals surface area contributed by atoms with E-state index < -0.39 is 0 Å². The van der Waals surface area contributed by atoms with Crippen molar-refractivity contribution in [2.24, 2.45) is 5.73 Å². The van der Waals surface area contributed by atoms with Crippen LogP contribution in [0.4, 0.5) is 0 Å². The highest BCUT2D eigenvalue weighted by Gasteiger charge is 2.23. The molecule has 5 nitrogen and oxygen atoms in total. The van der Waals surface area contributed by atoms with Gasteiger partial charge in [-0.05, 0) is 45.4 Å². The van der Waals surface area contributed by atoms with E-state index in [0.717, 1.165) is 45.4 Å². The van der Waals surface area contributed by atoms with Crippen molar-refractivity contribution in [2.45, 2.75) is 25.3 Å².